The molecule has 0 saturated carbocycles. The van der Waals surface area contributed by atoms with E-state index in [0.29, 0.717) is 23.6 Å². The lowest BCUT2D eigenvalue weighted by atomic mass is 10.1. The Kier molecular flexibility index (Phi) is 5.39. The highest BCUT2D eigenvalue weighted by Gasteiger charge is 2.19. The second kappa shape index (κ2) is 8.07. The number of amides is 2. The molecule has 0 spiro atoms. The summed E-state index contributed by atoms with van der Waals surface area (Å²) in [5.74, 6) is 0.289. The standard InChI is InChI=1S/C21H19N3O2/c1-16(25)23-19-12-10-18(11-13-19)21(26)24(20-9-5-6-14-22-20)15-17-7-3-2-4-8-17/h2-14H,15H2,1H3,(H,23,25). The Morgan fingerprint density at radius 3 is 2.23 bits per heavy atom. The molecule has 0 aliphatic rings. The van der Waals surface area contributed by atoms with E-state index in [1.807, 2.05) is 48.5 Å². The summed E-state index contributed by atoms with van der Waals surface area (Å²) in [5.41, 5.74) is 2.20. The van der Waals surface area contributed by atoms with Crippen molar-refractivity contribution < 1.29 is 9.59 Å². The highest BCUT2D eigenvalue weighted by atomic mass is 16.2. The van der Waals surface area contributed by atoms with E-state index in [2.05, 4.69) is 10.3 Å². The number of carbonyl (C=O) groups excluding carboxylic acids is 2. The van der Waals surface area contributed by atoms with Gasteiger partial charge >= 0.3 is 0 Å². The molecule has 2 aromatic carbocycles. The molecule has 0 radical (unpaired) electrons. The number of pyridine rings is 1. The van der Waals surface area contributed by atoms with Crippen LogP contribution in [0.2, 0.25) is 0 Å². The van der Waals surface area contributed by atoms with Gasteiger partial charge in [-0.15, -0.1) is 0 Å². The maximum Gasteiger partial charge on any atom is 0.259 e. The van der Waals surface area contributed by atoms with Gasteiger partial charge < -0.3 is 5.32 Å². The Bertz CT molecular complexity index is 878. The molecule has 0 unspecified atom stereocenters. The van der Waals surface area contributed by atoms with Crippen molar-refractivity contribution in [3.8, 4) is 0 Å². The molecule has 1 heterocycles. The van der Waals surface area contributed by atoms with Gasteiger partial charge in [0.15, 0.2) is 0 Å². The van der Waals surface area contributed by atoms with Gasteiger partial charge in [-0.1, -0.05) is 36.4 Å². The zero-order valence-corrected chi connectivity index (χ0v) is 14.4. The van der Waals surface area contributed by atoms with Gasteiger partial charge in [0.25, 0.3) is 5.91 Å². The monoisotopic (exact) mass is 345 g/mol. The van der Waals surface area contributed by atoms with Crippen LogP contribution in [0.5, 0.6) is 0 Å². The summed E-state index contributed by atoms with van der Waals surface area (Å²) in [6.45, 7) is 1.87. The van der Waals surface area contributed by atoms with E-state index in [4.69, 9.17) is 0 Å². The topological polar surface area (TPSA) is 62.3 Å². The van der Waals surface area contributed by atoms with Gasteiger partial charge in [-0.25, -0.2) is 4.98 Å². The first-order valence-corrected chi connectivity index (χ1v) is 8.28. The Hall–Kier alpha value is -3.47. The number of carbonyl (C=O) groups is 2. The van der Waals surface area contributed by atoms with Gasteiger partial charge in [-0.2, -0.15) is 0 Å². The Morgan fingerprint density at radius 2 is 1.62 bits per heavy atom. The number of benzene rings is 2. The minimum Gasteiger partial charge on any atom is -0.326 e. The number of nitrogens with one attached hydrogen (secondary N) is 1. The van der Waals surface area contributed by atoms with Crippen LogP contribution < -0.4 is 10.2 Å². The summed E-state index contributed by atoms with van der Waals surface area (Å²) in [5, 5.41) is 2.70. The third-order valence-corrected chi connectivity index (χ3v) is 3.81. The number of hydrogen-bond donors (Lipinski definition) is 1. The highest BCUT2D eigenvalue weighted by Crippen LogP contribution is 2.19. The molecule has 0 bridgehead atoms. The zero-order chi connectivity index (χ0) is 18.4. The van der Waals surface area contributed by atoms with Gasteiger partial charge in [0.1, 0.15) is 5.82 Å². The van der Waals surface area contributed by atoms with Crippen LogP contribution in [0.1, 0.15) is 22.8 Å². The minimum absolute atomic E-state index is 0.150. The zero-order valence-electron chi connectivity index (χ0n) is 14.4. The van der Waals surface area contributed by atoms with Crippen LogP contribution in [0.25, 0.3) is 0 Å². The molecule has 0 fully saturated rings. The second-order valence-electron chi connectivity index (χ2n) is 5.82. The summed E-state index contributed by atoms with van der Waals surface area (Å²) >= 11 is 0. The molecule has 3 aromatic rings. The number of rotatable bonds is 5. The minimum atomic E-state index is -0.151. The van der Waals surface area contributed by atoms with Crippen LogP contribution in [-0.4, -0.2) is 16.8 Å². The maximum absolute atomic E-state index is 13.1. The molecular formula is C21H19N3O2. The van der Waals surface area contributed by atoms with E-state index < -0.39 is 0 Å². The predicted molar refractivity (Wildman–Crippen MR) is 102 cm³/mol. The van der Waals surface area contributed by atoms with Crippen molar-refractivity contribution in [3.63, 3.8) is 0 Å². The summed E-state index contributed by atoms with van der Waals surface area (Å²) in [6.07, 6.45) is 1.67. The molecule has 2 amide bonds. The molecule has 0 saturated heterocycles. The average molecular weight is 345 g/mol. The molecule has 1 N–H and O–H groups in total. The van der Waals surface area contributed by atoms with E-state index >= 15 is 0 Å². The van der Waals surface area contributed by atoms with Crippen molar-refractivity contribution in [1.29, 1.82) is 0 Å². The molecule has 0 atom stereocenters. The van der Waals surface area contributed by atoms with E-state index in [1.165, 1.54) is 6.92 Å². The third-order valence-electron chi connectivity index (χ3n) is 3.81. The molecule has 26 heavy (non-hydrogen) atoms. The lowest BCUT2D eigenvalue weighted by Crippen LogP contribution is -2.31. The van der Waals surface area contributed by atoms with Crippen LogP contribution in [-0.2, 0) is 11.3 Å². The van der Waals surface area contributed by atoms with Crippen LogP contribution in [0, 0.1) is 0 Å². The lowest BCUT2D eigenvalue weighted by molar-refractivity contribution is -0.114. The van der Waals surface area contributed by atoms with Gasteiger partial charge in [0.05, 0.1) is 6.54 Å². The van der Waals surface area contributed by atoms with Crippen LogP contribution in [0.15, 0.2) is 79.0 Å². The largest absolute Gasteiger partial charge is 0.326 e. The number of hydrogen-bond acceptors (Lipinski definition) is 3. The van der Waals surface area contributed by atoms with Crippen molar-refractivity contribution in [2.24, 2.45) is 0 Å². The van der Waals surface area contributed by atoms with Gasteiger partial charge in [-0.3, -0.25) is 14.5 Å². The molecule has 1 aromatic heterocycles. The molecule has 130 valence electrons. The van der Waals surface area contributed by atoms with Crippen molar-refractivity contribution in [2.75, 3.05) is 10.2 Å². The Morgan fingerprint density at radius 1 is 0.923 bits per heavy atom. The summed E-state index contributed by atoms with van der Waals surface area (Å²) in [7, 11) is 0. The smallest absolute Gasteiger partial charge is 0.259 e. The van der Waals surface area contributed by atoms with Crippen molar-refractivity contribution >= 4 is 23.3 Å². The van der Waals surface area contributed by atoms with Gasteiger partial charge in [0.2, 0.25) is 5.91 Å². The quantitative estimate of drug-likeness (QED) is 0.763. The van der Waals surface area contributed by atoms with E-state index in [0.717, 1.165) is 5.56 Å². The van der Waals surface area contributed by atoms with E-state index in [1.54, 1.807) is 35.4 Å². The fraction of sp³-hybridized carbons (Fsp3) is 0.0952. The van der Waals surface area contributed by atoms with E-state index in [-0.39, 0.29) is 11.8 Å². The first-order valence-electron chi connectivity index (χ1n) is 8.28. The average Bonchev–Trinajstić information content (AvgIpc) is 2.67. The number of aromatic nitrogens is 1. The fourth-order valence-corrected chi connectivity index (χ4v) is 2.59. The van der Waals surface area contributed by atoms with Gasteiger partial charge in [-0.05, 0) is 42.0 Å². The maximum atomic E-state index is 13.1. The van der Waals surface area contributed by atoms with Crippen molar-refractivity contribution in [2.45, 2.75) is 13.5 Å². The molecule has 5 nitrogen and oxygen atoms in total. The summed E-state index contributed by atoms with van der Waals surface area (Å²) < 4.78 is 0. The molecule has 0 aliphatic carbocycles. The SMILES string of the molecule is CC(=O)Nc1ccc(C(=O)N(Cc2ccccc2)c2ccccn2)cc1. The highest BCUT2D eigenvalue weighted by molar-refractivity contribution is 6.05. The Balaban J connectivity index is 1.88. The predicted octanol–water partition coefficient (Wildman–Crippen LogP) is 3.89. The number of anilines is 2. The first-order chi connectivity index (χ1) is 12.6. The summed E-state index contributed by atoms with van der Waals surface area (Å²) in [6, 6.07) is 22.1. The molecule has 5 heteroatoms. The van der Waals surface area contributed by atoms with E-state index in [9.17, 15) is 9.59 Å². The van der Waals surface area contributed by atoms with Crippen molar-refractivity contribution in [1.82, 2.24) is 4.98 Å². The second-order valence-corrected chi connectivity index (χ2v) is 5.82. The normalized spacial score (nSPS) is 10.2. The van der Waals surface area contributed by atoms with Crippen LogP contribution >= 0.6 is 0 Å². The van der Waals surface area contributed by atoms with Crippen LogP contribution in [0.3, 0.4) is 0 Å². The first kappa shape index (κ1) is 17.4. The van der Waals surface area contributed by atoms with Crippen molar-refractivity contribution in [3.05, 3.63) is 90.1 Å². The summed E-state index contributed by atoms with van der Waals surface area (Å²) in [4.78, 5) is 30.2. The lowest BCUT2D eigenvalue weighted by Gasteiger charge is -2.22. The molecule has 3 rings (SSSR count). The third kappa shape index (κ3) is 4.33. The van der Waals surface area contributed by atoms with Gasteiger partial charge in [0, 0.05) is 24.4 Å². The molecule has 0 aliphatic heterocycles. The Labute approximate surface area is 152 Å². The van der Waals surface area contributed by atoms with Crippen LogP contribution in [0.4, 0.5) is 11.5 Å². The number of nitrogens with zero attached hydrogens (tertiary/aromatic N) is 2. The fourth-order valence-electron chi connectivity index (χ4n) is 2.59. The molecular weight excluding hydrogens is 326 g/mol.